The molecule has 2 aliphatic heterocycles. The minimum absolute atomic E-state index is 0.162. The Bertz CT molecular complexity index is 375. The quantitative estimate of drug-likeness (QED) is 0.513. The molecule has 0 bridgehead atoms. The lowest BCUT2D eigenvalue weighted by molar-refractivity contribution is -0.138. The second kappa shape index (κ2) is 5.41. The van der Waals surface area contributed by atoms with Crippen LogP contribution in [0.4, 0.5) is 4.79 Å². The number of urea groups is 1. The van der Waals surface area contributed by atoms with Gasteiger partial charge in [-0.15, -0.1) is 0 Å². The molecule has 2 heterocycles. The van der Waals surface area contributed by atoms with E-state index in [-0.39, 0.29) is 24.8 Å². The topological polar surface area (TPSA) is 69.7 Å². The van der Waals surface area contributed by atoms with Gasteiger partial charge in [0.2, 0.25) is 11.8 Å². The van der Waals surface area contributed by atoms with Crippen LogP contribution in [0.1, 0.15) is 26.7 Å². The Morgan fingerprint density at radius 3 is 2.28 bits per heavy atom. The zero-order valence-electron chi connectivity index (χ0n) is 11.0. The van der Waals surface area contributed by atoms with Crippen LogP contribution in [0.3, 0.4) is 0 Å². The summed E-state index contributed by atoms with van der Waals surface area (Å²) < 4.78 is 0. The number of nitrogens with one attached hydrogen (secondary N) is 1. The molecule has 0 aliphatic carbocycles. The van der Waals surface area contributed by atoms with Gasteiger partial charge in [0.15, 0.2) is 0 Å². The first-order valence-electron chi connectivity index (χ1n) is 6.11. The first kappa shape index (κ1) is 14.5. The lowest BCUT2D eigenvalue weighted by Gasteiger charge is -2.39. The van der Waals surface area contributed by atoms with Gasteiger partial charge in [-0.05, 0) is 6.42 Å². The van der Waals surface area contributed by atoms with E-state index in [1.165, 1.54) is 9.80 Å². The lowest BCUT2D eigenvalue weighted by atomic mass is 9.70. The summed E-state index contributed by atoms with van der Waals surface area (Å²) in [6, 6.07) is -0.271. The Balaban J connectivity index is 0.000000771. The Labute approximate surface area is 108 Å². The van der Waals surface area contributed by atoms with E-state index in [0.717, 1.165) is 0 Å². The second-order valence-electron chi connectivity index (χ2n) is 4.16. The summed E-state index contributed by atoms with van der Waals surface area (Å²) in [6.45, 7) is 4.95. The molecule has 0 aromatic rings. The maximum atomic E-state index is 11.7. The van der Waals surface area contributed by atoms with Crippen LogP contribution < -0.4 is 5.32 Å². The molecule has 2 aliphatic rings. The third-order valence-corrected chi connectivity index (χ3v) is 3.08. The number of amides is 4. The second-order valence-corrected chi connectivity index (χ2v) is 4.16. The van der Waals surface area contributed by atoms with Crippen molar-refractivity contribution in [1.82, 2.24) is 15.1 Å². The van der Waals surface area contributed by atoms with Crippen LogP contribution >= 0.6 is 0 Å². The molecule has 18 heavy (non-hydrogen) atoms. The van der Waals surface area contributed by atoms with E-state index in [4.69, 9.17) is 7.85 Å². The van der Waals surface area contributed by atoms with Gasteiger partial charge in [0.1, 0.15) is 7.85 Å². The van der Waals surface area contributed by atoms with Crippen LogP contribution in [0.5, 0.6) is 0 Å². The minimum atomic E-state index is -1.38. The van der Waals surface area contributed by atoms with Crippen molar-refractivity contribution in [3.8, 4) is 0 Å². The maximum absolute atomic E-state index is 11.7. The number of imide groups is 1. The van der Waals surface area contributed by atoms with Crippen molar-refractivity contribution in [2.24, 2.45) is 0 Å². The van der Waals surface area contributed by atoms with Crippen molar-refractivity contribution >= 4 is 25.7 Å². The molecule has 98 valence electrons. The standard InChI is InChI=1S/C9H12BN3O3.C2H6/c1-12-4-5-13(8(12)16)9(10)3-2-6(14)11-7(9)15;1-2/h2-5H2,1H3,(H,11,14,15);1-2H3. The van der Waals surface area contributed by atoms with E-state index >= 15 is 0 Å². The van der Waals surface area contributed by atoms with E-state index < -0.39 is 11.3 Å². The predicted octanol–water partition coefficient (Wildman–Crippen LogP) is -0.319. The number of piperidine rings is 1. The maximum Gasteiger partial charge on any atom is 0.320 e. The van der Waals surface area contributed by atoms with Gasteiger partial charge in [-0.3, -0.25) is 14.9 Å². The molecule has 6 nitrogen and oxygen atoms in total. The molecule has 4 amide bonds. The molecule has 2 radical (unpaired) electrons. The van der Waals surface area contributed by atoms with Crippen LogP contribution in [0, 0.1) is 0 Å². The molecule has 0 spiro atoms. The predicted molar refractivity (Wildman–Crippen MR) is 66.9 cm³/mol. The summed E-state index contributed by atoms with van der Waals surface area (Å²) in [7, 11) is 7.59. The molecule has 0 saturated carbocycles. The Morgan fingerprint density at radius 1 is 1.22 bits per heavy atom. The van der Waals surface area contributed by atoms with Gasteiger partial charge in [-0.2, -0.15) is 0 Å². The zero-order valence-corrected chi connectivity index (χ0v) is 11.0. The first-order chi connectivity index (χ1) is 8.45. The van der Waals surface area contributed by atoms with E-state index in [9.17, 15) is 14.4 Å². The van der Waals surface area contributed by atoms with E-state index in [0.29, 0.717) is 13.1 Å². The third-order valence-electron chi connectivity index (χ3n) is 3.08. The highest BCUT2D eigenvalue weighted by Crippen LogP contribution is 2.25. The molecule has 2 fully saturated rings. The Morgan fingerprint density at radius 2 is 1.83 bits per heavy atom. The van der Waals surface area contributed by atoms with Crippen molar-refractivity contribution in [3.63, 3.8) is 0 Å². The van der Waals surface area contributed by atoms with Crippen molar-refractivity contribution in [1.29, 1.82) is 0 Å². The number of hydrogen-bond acceptors (Lipinski definition) is 3. The van der Waals surface area contributed by atoms with E-state index in [2.05, 4.69) is 5.32 Å². The van der Waals surface area contributed by atoms with E-state index in [1.54, 1.807) is 7.05 Å². The molecule has 7 heteroatoms. The molecular formula is C11H18BN3O3. The average Bonchev–Trinajstić information content (AvgIpc) is 2.69. The molecular weight excluding hydrogens is 233 g/mol. The zero-order chi connectivity index (χ0) is 13.9. The highest BCUT2D eigenvalue weighted by molar-refractivity contribution is 6.32. The highest BCUT2D eigenvalue weighted by Gasteiger charge is 2.47. The third kappa shape index (κ3) is 2.35. The van der Waals surface area contributed by atoms with Gasteiger partial charge in [-0.1, -0.05) is 13.8 Å². The smallest absolute Gasteiger partial charge is 0.320 e. The number of hydrogen-bond donors (Lipinski definition) is 1. The van der Waals surface area contributed by atoms with Crippen molar-refractivity contribution < 1.29 is 14.4 Å². The fourth-order valence-electron chi connectivity index (χ4n) is 1.99. The Hall–Kier alpha value is -1.53. The van der Waals surface area contributed by atoms with Crippen LogP contribution in [0.15, 0.2) is 0 Å². The molecule has 2 rings (SSSR count). The van der Waals surface area contributed by atoms with Crippen molar-refractivity contribution in [2.45, 2.75) is 32.1 Å². The van der Waals surface area contributed by atoms with E-state index in [1.807, 2.05) is 13.8 Å². The molecule has 1 atom stereocenters. The fraction of sp³-hybridized carbons (Fsp3) is 0.727. The SMILES string of the molecule is CC.[B]C1(N2CCN(C)C2=O)CCC(=O)NC1=O. The fourth-order valence-corrected chi connectivity index (χ4v) is 1.99. The Kier molecular flexibility index (Phi) is 4.37. The van der Waals surface area contributed by atoms with Gasteiger partial charge >= 0.3 is 6.03 Å². The molecule has 0 aromatic carbocycles. The van der Waals surface area contributed by atoms with Crippen LogP contribution in [-0.2, 0) is 9.59 Å². The summed E-state index contributed by atoms with van der Waals surface area (Å²) in [5.74, 6) is -0.932. The van der Waals surface area contributed by atoms with Gasteiger partial charge in [0.05, 0.1) is 5.44 Å². The molecule has 0 aromatic heterocycles. The number of nitrogens with zero attached hydrogens (tertiary/aromatic N) is 2. The van der Waals surface area contributed by atoms with Crippen LogP contribution in [-0.4, -0.2) is 61.1 Å². The van der Waals surface area contributed by atoms with Crippen molar-refractivity contribution in [2.75, 3.05) is 20.1 Å². The summed E-state index contributed by atoms with van der Waals surface area (Å²) in [4.78, 5) is 37.3. The molecule has 1 unspecified atom stereocenters. The summed E-state index contributed by atoms with van der Waals surface area (Å²) in [5, 5.41) is 2.17. The average molecular weight is 251 g/mol. The summed E-state index contributed by atoms with van der Waals surface area (Å²) >= 11 is 0. The largest absolute Gasteiger partial charge is 0.326 e. The van der Waals surface area contributed by atoms with Crippen LogP contribution in [0.25, 0.3) is 0 Å². The summed E-state index contributed by atoms with van der Waals surface area (Å²) in [5.41, 5.74) is -1.38. The van der Waals surface area contributed by atoms with Crippen LogP contribution in [0.2, 0.25) is 0 Å². The molecule has 1 N–H and O–H groups in total. The number of carbonyl (C=O) groups excluding carboxylic acids is 3. The first-order valence-corrected chi connectivity index (χ1v) is 6.11. The van der Waals surface area contributed by atoms with Gasteiger partial charge in [-0.25, -0.2) is 4.79 Å². The lowest BCUT2D eigenvalue weighted by Crippen LogP contribution is -2.64. The molecule has 2 saturated heterocycles. The monoisotopic (exact) mass is 251 g/mol. The number of carbonyl (C=O) groups is 3. The van der Waals surface area contributed by atoms with Gasteiger partial charge in [0, 0.05) is 26.6 Å². The van der Waals surface area contributed by atoms with Gasteiger partial charge < -0.3 is 9.80 Å². The number of likely N-dealkylation sites (N-methyl/N-ethyl adjacent to an activating group) is 1. The van der Waals surface area contributed by atoms with Gasteiger partial charge in [0.25, 0.3) is 0 Å². The number of rotatable bonds is 1. The minimum Gasteiger partial charge on any atom is -0.326 e. The highest BCUT2D eigenvalue weighted by atomic mass is 16.2. The normalized spacial score (nSPS) is 27.8. The van der Waals surface area contributed by atoms with Crippen molar-refractivity contribution in [3.05, 3.63) is 0 Å². The summed E-state index contributed by atoms with van der Waals surface area (Å²) in [6.07, 6.45) is 0.340.